The van der Waals surface area contributed by atoms with Crippen molar-refractivity contribution in [2.75, 3.05) is 6.61 Å². The minimum Gasteiger partial charge on any atom is -0.494 e. The molecule has 0 aliphatic carbocycles. The first-order valence-electron chi connectivity index (χ1n) is 6.49. The SMILES string of the molecule is CCOc1ccccc1C(N)Cn1ccc(C(F)(F)F)n1. The van der Waals surface area contributed by atoms with Crippen molar-refractivity contribution in [2.45, 2.75) is 25.7 Å². The highest BCUT2D eigenvalue weighted by molar-refractivity contribution is 5.35. The molecule has 0 radical (unpaired) electrons. The lowest BCUT2D eigenvalue weighted by Gasteiger charge is -2.16. The van der Waals surface area contributed by atoms with Crippen LogP contribution >= 0.6 is 0 Å². The molecule has 1 aromatic heterocycles. The molecule has 1 heterocycles. The Morgan fingerprint density at radius 3 is 2.62 bits per heavy atom. The molecule has 4 nitrogen and oxygen atoms in total. The number of nitrogens with two attached hydrogens (primary N) is 1. The fraction of sp³-hybridized carbons (Fsp3) is 0.357. The molecule has 1 unspecified atom stereocenters. The van der Waals surface area contributed by atoms with Gasteiger partial charge >= 0.3 is 6.18 Å². The molecule has 2 N–H and O–H groups in total. The van der Waals surface area contributed by atoms with Crippen molar-refractivity contribution >= 4 is 0 Å². The summed E-state index contributed by atoms with van der Waals surface area (Å²) in [5, 5.41) is 3.49. The minimum absolute atomic E-state index is 0.139. The van der Waals surface area contributed by atoms with E-state index in [0.29, 0.717) is 12.4 Å². The summed E-state index contributed by atoms with van der Waals surface area (Å²) in [5.41, 5.74) is 5.87. The molecule has 0 amide bonds. The van der Waals surface area contributed by atoms with Crippen molar-refractivity contribution in [3.63, 3.8) is 0 Å². The van der Waals surface area contributed by atoms with E-state index in [1.165, 1.54) is 10.9 Å². The number of ether oxygens (including phenoxy) is 1. The zero-order valence-corrected chi connectivity index (χ0v) is 11.5. The molecule has 0 saturated heterocycles. The average molecular weight is 299 g/mol. The Morgan fingerprint density at radius 2 is 2.00 bits per heavy atom. The van der Waals surface area contributed by atoms with Gasteiger partial charge in [0.05, 0.1) is 19.2 Å². The van der Waals surface area contributed by atoms with Gasteiger partial charge in [-0.05, 0) is 19.1 Å². The van der Waals surface area contributed by atoms with Crippen LogP contribution in [0.15, 0.2) is 36.5 Å². The van der Waals surface area contributed by atoms with Gasteiger partial charge in [0.25, 0.3) is 0 Å². The lowest BCUT2D eigenvalue weighted by molar-refractivity contribution is -0.141. The van der Waals surface area contributed by atoms with Gasteiger partial charge in [-0.2, -0.15) is 18.3 Å². The number of aromatic nitrogens is 2. The third-order valence-electron chi connectivity index (χ3n) is 2.93. The summed E-state index contributed by atoms with van der Waals surface area (Å²) in [5.74, 6) is 0.635. The molecule has 0 bridgehead atoms. The van der Waals surface area contributed by atoms with Crippen LogP contribution in [-0.2, 0) is 12.7 Å². The number of nitrogens with zero attached hydrogens (tertiary/aromatic N) is 2. The molecule has 114 valence electrons. The Balaban J connectivity index is 2.14. The minimum atomic E-state index is -4.45. The molecule has 0 saturated carbocycles. The van der Waals surface area contributed by atoms with Gasteiger partial charge in [0.1, 0.15) is 5.75 Å². The van der Waals surface area contributed by atoms with Crippen LogP contribution in [-0.4, -0.2) is 16.4 Å². The first kappa shape index (κ1) is 15.4. The van der Waals surface area contributed by atoms with Crippen LogP contribution in [0.4, 0.5) is 13.2 Å². The molecule has 1 atom stereocenters. The number of benzene rings is 1. The van der Waals surface area contributed by atoms with Crippen LogP contribution in [0.5, 0.6) is 5.75 Å². The van der Waals surface area contributed by atoms with E-state index in [2.05, 4.69) is 5.10 Å². The lowest BCUT2D eigenvalue weighted by Crippen LogP contribution is -2.19. The van der Waals surface area contributed by atoms with Crippen molar-refractivity contribution in [1.29, 1.82) is 0 Å². The first-order valence-corrected chi connectivity index (χ1v) is 6.49. The molecular weight excluding hydrogens is 283 g/mol. The van der Waals surface area contributed by atoms with E-state index in [9.17, 15) is 13.2 Å². The maximum atomic E-state index is 12.5. The van der Waals surface area contributed by atoms with Crippen molar-refractivity contribution < 1.29 is 17.9 Å². The Kier molecular flexibility index (Phi) is 4.52. The maximum Gasteiger partial charge on any atom is 0.435 e. The molecule has 21 heavy (non-hydrogen) atoms. The fourth-order valence-corrected chi connectivity index (χ4v) is 1.99. The maximum absolute atomic E-state index is 12.5. The molecule has 0 aliphatic heterocycles. The zero-order valence-electron chi connectivity index (χ0n) is 11.5. The molecule has 2 rings (SSSR count). The number of hydrogen-bond donors (Lipinski definition) is 1. The summed E-state index contributed by atoms with van der Waals surface area (Å²) in [6, 6.07) is 7.63. The molecule has 7 heteroatoms. The summed E-state index contributed by atoms with van der Waals surface area (Å²) in [6.45, 7) is 2.48. The largest absolute Gasteiger partial charge is 0.494 e. The van der Waals surface area contributed by atoms with Crippen molar-refractivity contribution in [3.8, 4) is 5.75 Å². The normalized spacial score (nSPS) is 13.2. The first-order chi connectivity index (χ1) is 9.91. The van der Waals surface area contributed by atoms with Crippen LogP contribution in [0, 0.1) is 0 Å². The number of para-hydroxylation sites is 1. The predicted octanol–water partition coefficient (Wildman–Crippen LogP) is 3.00. The zero-order chi connectivity index (χ0) is 15.5. The van der Waals surface area contributed by atoms with E-state index in [1.54, 1.807) is 12.1 Å². The van der Waals surface area contributed by atoms with Gasteiger partial charge in [0.2, 0.25) is 0 Å². The Labute approximate surface area is 120 Å². The standard InChI is InChI=1S/C14H16F3N3O/c1-2-21-12-6-4-3-5-10(12)11(18)9-20-8-7-13(19-20)14(15,16)17/h3-8,11H,2,9,18H2,1H3. The van der Waals surface area contributed by atoms with E-state index in [4.69, 9.17) is 10.5 Å². The van der Waals surface area contributed by atoms with Crippen molar-refractivity contribution in [2.24, 2.45) is 5.73 Å². The van der Waals surface area contributed by atoms with E-state index < -0.39 is 17.9 Å². The smallest absolute Gasteiger partial charge is 0.435 e. The highest BCUT2D eigenvalue weighted by Gasteiger charge is 2.33. The van der Waals surface area contributed by atoms with Gasteiger partial charge in [-0.3, -0.25) is 4.68 Å². The summed E-state index contributed by atoms with van der Waals surface area (Å²) < 4.78 is 44.2. The molecule has 1 aromatic carbocycles. The second-order valence-corrected chi connectivity index (χ2v) is 4.50. The van der Waals surface area contributed by atoms with Gasteiger partial charge < -0.3 is 10.5 Å². The van der Waals surface area contributed by atoms with E-state index in [1.807, 2.05) is 19.1 Å². The molecule has 0 spiro atoms. The number of rotatable bonds is 5. The van der Waals surface area contributed by atoms with Gasteiger partial charge in [0, 0.05) is 11.8 Å². The predicted molar refractivity (Wildman–Crippen MR) is 71.8 cm³/mol. The van der Waals surface area contributed by atoms with Crippen LogP contribution in [0.3, 0.4) is 0 Å². The highest BCUT2D eigenvalue weighted by Crippen LogP contribution is 2.28. The van der Waals surface area contributed by atoms with Crippen molar-refractivity contribution in [1.82, 2.24) is 9.78 Å². The van der Waals surface area contributed by atoms with E-state index >= 15 is 0 Å². The van der Waals surface area contributed by atoms with Gasteiger partial charge in [-0.1, -0.05) is 18.2 Å². The molecule has 0 fully saturated rings. The topological polar surface area (TPSA) is 53.1 Å². The van der Waals surface area contributed by atoms with E-state index in [0.717, 1.165) is 11.6 Å². The summed E-state index contributed by atoms with van der Waals surface area (Å²) in [7, 11) is 0. The number of alkyl halides is 3. The van der Waals surface area contributed by atoms with Crippen LogP contribution < -0.4 is 10.5 Å². The quantitative estimate of drug-likeness (QED) is 0.923. The van der Waals surface area contributed by atoms with Crippen LogP contribution in [0.1, 0.15) is 24.2 Å². The Hall–Kier alpha value is -2.02. The Bertz CT molecular complexity index is 595. The highest BCUT2D eigenvalue weighted by atomic mass is 19.4. The van der Waals surface area contributed by atoms with Crippen LogP contribution in [0.2, 0.25) is 0 Å². The molecule has 0 aliphatic rings. The number of halogens is 3. The summed E-state index contributed by atoms with van der Waals surface area (Å²) >= 11 is 0. The van der Waals surface area contributed by atoms with Crippen molar-refractivity contribution in [3.05, 3.63) is 47.8 Å². The van der Waals surface area contributed by atoms with Gasteiger partial charge in [-0.15, -0.1) is 0 Å². The molecular formula is C14H16F3N3O. The third-order valence-corrected chi connectivity index (χ3v) is 2.93. The Morgan fingerprint density at radius 1 is 1.29 bits per heavy atom. The van der Waals surface area contributed by atoms with Gasteiger partial charge in [-0.25, -0.2) is 0 Å². The second kappa shape index (κ2) is 6.17. The fourth-order valence-electron chi connectivity index (χ4n) is 1.99. The monoisotopic (exact) mass is 299 g/mol. The average Bonchev–Trinajstić information content (AvgIpc) is 2.88. The summed E-state index contributed by atoms with van der Waals surface area (Å²) in [6.07, 6.45) is -3.18. The van der Waals surface area contributed by atoms with Gasteiger partial charge in [0.15, 0.2) is 5.69 Å². The second-order valence-electron chi connectivity index (χ2n) is 4.50. The third kappa shape index (κ3) is 3.75. The number of hydrogen-bond acceptors (Lipinski definition) is 3. The lowest BCUT2D eigenvalue weighted by atomic mass is 10.1. The van der Waals surface area contributed by atoms with E-state index in [-0.39, 0.29) is 6.54 Å². The summed E-state index contributed by atoms with van der Waals surface area (Å²) in [4.78, 5) is 0. The van der Waals surface area contributed by atoms with Crippen LogP contribution in [0.25, 0.3) is 0 Å². The molecule has 2 aromatic rings.